The second-order valence-corrected chi connectivity index (χ2v) is 5.36. The lowest BCUT2D eigenvalue weighted by molar-refractivity contribution is 0.541. The molecule has 0 heterocycles. The van der Waals surface area contributed by atoms with E-state index in [1.165, 1.54) is 16.5 Å². The molecule has 0 aliphatic rings. The Morgan fingerprint density at radius 1 is 1.20 bits per heavy atom. The van der Waals surface area contributed by atoms with Crippen LogP contribution in [0.2, 0.25) is 0 Å². The van der Waals surface area contributed by atoms with Crippen LogP contribution in [0, 0.1) is 11.3 Å². The van der Waals surface area contributed by atoms with E-state index in [1.54, 1.807) is 6.92 Å². The fourth-order valence-electron chi connectivity index (χ4n) is 2.36. The zero-order valence-corrected chi connectivity index (χ0v) is 12.1. The smallest absolute Gasteiger partial charge is 0.103 e. The van der Waals surface area contributed by atoms with Crippen molar-refractivity contribution < 1.29 is 0 Å². The number of nitrogens with two attached hydrogens (primary N) is 1. The van der Waals surface area contributed by atoms with Crippen LogP contribution in [-0.2, 0) is 0 Å². The summed E-state index contributed by atoms with van der Waals surface area (Å²) < 4.78 is 0. The third-order valence-corrected chi connectivity index (χ3v) is 3.65. The molecule has 2 aromatic rings. The van der Waals surface area contributed by atoms with Crippen LogP contribution >= 0.6 is 0 Å². The van der Waals surface area contributed by atoms with Gasteiger partial charge in [-0.15, -0.1) is 0 Å². The van der Waals surface area contributed by atoms with Crippen molar-refractivity contribution >= 4 is 16.5 Å². The minimum atomic E-state index is -0.766. The number of hydrogen-bond donors (Lipinski definition) is 1. The van der Waals surface area contributed by atoms with Gasteiger partial charge in [0.05, 0.1) is 6.07 Å². The van der Waals surface area contributed by atoms with E-state index < -0.39 is 5.54 Å². The van der Waals surface area contributed by atoms with Gasteiger partial charge < -0.3 is 10.6 Å². The van der Waals surface area contributed by atoms with E-state index in [9.17, 15) is 0 Å². The number of rotatable bonds is 5. The highest BCUT2D eigenvalue weighted by Crippen LogP contribution is 2.27. The highest BCUT2D eigenvalue weighted by molar-refractivity contribution is 5.94. The normalized spacial score (nSPS) is 13.7. The van der Waals surface area contributed by atoms with Gasteiger partial charge in [-0.2, -0.15) is 5.26 Å². The van der Waals surface area contributed by atoms with E-state index in [0.29, 0.717) is 6.42 Å². The lowest BCUT2D eigenvalue weighted by Gasteiger charge is -2.27. The van der Waals surface area contributed by atoms with Gasteiger partial charge >= 0.3 is 0 Å². The molecule has 1 atom stereocenters. The Balaban J connectivity index is 2.29. The predicted octanol–water partition coefficient (Wildman–Crippen LogP) is 3.30. The highest BCUT2D eigenvalue weighted by atomic mass is 15.1. The van der Waals surface area contributed by atoms with E-state index in [4.69, 9.17) is 11.0 Å². The van der Waals surface area contributed by atoms with Crippen molar-refractivity contribution in [2.24, 2.45) is 5.73 Å². The molecule has 0 spiro atoms. The lowest BCUT2D eigenvalue weighted by atomic mass is 10.0. The Kier molecular flexibility index (Phi) is 4.26. The molecule has 0 amide bonds. The number of fused-ring (bicyclic) bond motifs is 1. The molecule has 0 aliphatic carbocycles. The van der Waals surface area contributed by atoms with Crippen LogP contribution in [0.1, 0.15) is 20.3 Å². The summed E-state index contributed by atoms with van der Waals surface area (Å²) in [6.07, 6.45) is 0.653. The number of anilines is 1. The zero-order chi connectivity index (χ0) is 14.6. The lowest BCUT2D eigenvalue weighted by Crippen LogP contribution is -2.39. The summed E-state index contributed by atoms with van der Waals surface area (Å²) in [7, 11) is 0. The molecular formula is C17H21N3. The molecule has 2 N–H and O–H groups in total. The summed E-state index contributed by atoms with van der Waals surface area (Å²) in [6.45, 7) is 5.59. The van der Waals surface area contributed by atoms with Gasteiger partial charge in [0, 0.05) is 24.2 Å². The maximum absolute atomic E-state index is 9.03. The molecule has 2 rings (SSSR count). The average molecular weight is 267 g/mol. The SMILES string of the molecule is CCN(CCC(C)(N)C#N)c1cccc2ccccc12. The number of nitrogens with zero attached hydrogens (tertiary/aromatic N) is 2. The standard InChI is InChI=1S/C17H21N3/c1-3-20(12-11-17(2,19)13-18)16-10-6-8-14-7-4-5-9-15(14)16/h4-10H,3,11-12,19H2,1-2H3. The summed E-state index contributed by atoms with van der Waals surface area (Å²) >= 11 is 0. The van der Waals surface area contributed by atoms with Crippen LogP contribution in [0.4, 0.5) is 5.69 Å². The van der Waals surface area contributed by atoms with E-state index in [1.807, 2.05) is 0 Å². The molecule has 3 heteroatoms. The number of nitriles is 1. The third kappa shape index (κ3) is 3.09. The Hall–Kier alpha value is -2.05. The van der Waals surface area contributed by atoms with Crippen molar-refractivity contribution in [1.82, 2.24) is 0 Å². The first-order valence-electron chi connectivity index (χ1n) is 7.00. The van der Waals surface area contributed by atoms with Crippen molar-refractivity contribution in [3.8, 4) is 6.07 Å². The summed E-state index contributed by atoms with van der Waals surface area (Å²) in [6, 6.07) is 16.9. The molecule has 0 radical (unpaired) electrons. The van der Waals surface area contributed by atoms with Gasteiger partial charge in [-0.25, -0.2) is 0 Å². The van der Waals surface area contributed by atoms with Crippen LogP contribution in [0.15, 0.2) is 42.5 Å². The largest absolute Gasteiger partial charge is 0.371 e. The summed E-state index contributed by atoms with van der Waals surface area (Å²) in [4.78, 5) is 2.28. The molecule has 1 unspecified atom stereocenters. The van der Waals surface area contributed by atoms with Gasteiger partial charge in [-0.3, -0.25) is 0 Å². The fraction of sp³-hybridized carbons (Fsp3) is 0.353. The third-order valence-electron chi connectivity index (χ3n) is 3.65. The molecule has 0 fully saturated rings. The van der Waals surface area contributed by atoms with E-state index >= 15 is 0 Å². The Labute approximate surface area is 120 Å². The average Bonchev–Trinajstić information content (AvgIpc) is 2.48. The molecule has 0 aliphatic heterocycles. The minimum absolute atomic E-state index is 0.653. The van der Waals surface area contributed by atoms with Crippen molar-refractivity contribution in [3.05, 3.63) is 42.5 Å². The maximum Gasteiger partial charge on any atom is 0.103 e. The first-order valence-corrected chi connectivity index (χ1v) is 7.00. The quantitative estimate of drug-likeness (QED) is 0.904. The molecule has 0 saturated heterocycles. The maximum atomic E-state index is 9.03. The summed E-state index contributed by atoms with van der Waals surface area (Å²) in [5.41, 5.74) is 6.36. The molecule has 0 bridgehead atoms. The van der Waals surface area contributed by atoms with Crippen LogP contribution in [0.3, 0.4) is 0 Å². The van der Waals surface area contributed by atoms with E-state index in [0.717, 1.165) is 13.1 Å². The summed E-state index contributed by atoms with van der Waals surface area (Å²) in [5.74, 6) is 0. The fourth-order valence-corrected chi connectivity index (χ4v) is 2.36. The predicted molar refractivity (Wildman–Crippen MR) is 84.7 cm³/mol. The monoisotopic (exact) mass is 267 g/mol. The topological polar surface area (TPSA) is 53.0 Å². The molecule has 0 aromatic heterocycles. The van der Waals surface area contributed by atoms with Gasteiger partial charge in [0.1, 0.15) is 5.54 Å². The summed E-state index contributed by atoms with van der Waals surface area (Å²) in [5, 5.41) is 11.5. The van der Waals surface area contributed by atoms with Crippen molar-refractivity contribution in [2.45, 2.75) is 25.8 Å². The van der Waals surface area contributed by atoms with Gasteiger partial charge in [0.25, 0.3) is 0 Å². The Morgan fingerprint density at radius 2 is 1.90 bits per heavy atom. The van der Waals surface area contributed by atoms with E-state index in [-0.39, 0.29) is 0 Å². The van der Waals surface area contributed by atoms with Crippen molar-refractivity contribution in [2.75, 3.05) is 18.0 Å². The van der Waals surface area contributed by atoms with Gasteiger partial charge in [0.2, 0.25) is 0 Å². The molecular weight excluding hydrogens is 246 g/mol. The number of hydrogen-bond acceptors (Lipinski definition) is 3. The molecule has 3 nitrogen and oxygen atoms in total. The van der Waals surface area contributed by atoms with Crippen molar-refractivity contribution in [3.63, 3.8) is 0 Å². The molecule has 20 heavy (non-hydrogen) atoms. The van der Waals surface area contributed by atoms with Crippen LogP contribution in [-0.4, -0.2) is 18.6 Å². The van der Waals surface area contributed by atoms with Crippen LogP contribution in [0.5, 0.6) is 0 Å². The zero-order valence-electron chi connectivity index (χ0n) is 12.1. The minimum Gasteiger partial charge on any atom is -0.371 e. The van der Waals surface area contributed by atoms with E-state index in [2.05, 4.69) is 60.4 Å². The first kappa shape index (κ1) is 14.4. The van der Waals surface area contributed by atoms with Gasteiger partial charge in [0.15, 0.2) is 0 Å². The van der Waals surface area contributed by atoms with Gasteiger partial charge in [-0.05, 0) is 31.7 Å². The number of benzene rings is 2. The van der Waals surface area contributed by atoms with Crippen LogP contribution in [0.25, 0.3) is 10.8 Å². The second-order valence-electron chi connectivity index (χ2n) is 5.36. The molecule has 0 saturated carbocycles. The Morgan fingerprint density at radius 3 is 2.60 bits per heavy atom. The van der Waals surface area contributed by atoms with Crippen molar-refractivity contribution in [1.29, 1.82) is 5.26 Å². The second kappa shape index (κ2) is 5.94. The van der Waals surface area contributed by atoms with Crippen LogP contribution < -0.4 is 10.6 Å². The highest BCUT2D eigenvalue weighted by Gasteiger charge is 2.19. The Bertz CT molecular complexity index is 620. The van der Waals surface area contributed by atoms with Gasteiger partial charge in [-0.1, -0.05) is 36.4 Å². The first-order chi connectivity index (χ1) is 9.57. The molecule has 2 aromatic carbocycles. The molecule has 104 valence electrons.